The largest absolute Gasteiger partial charge is 0.468 e. The van der Waals surface area contributed by atoms with Gasteiger partial charge in [0.05, 0.1) is 29.7 Å². The maximum Gasteiger partial charge on any atom is 0.315 e. The molecule has 1 amide bonds. The van der Waals surface area contributed by atoms with Crippen LogP contribution in [0.3, 0.4) is 0 Å². The molecule has 1 fully saturated rings. The summed E-state index contributed by atoms with van der Waals surface area (Å²) in [5, 5.41) is 14.0. The first-order valence-corrected chi connectivity index (χ1v) is 15.3. The lowest BCUT2D eigenvalue weighted by Crippen LogP contribution is -2.45. The molecule has 3 aromatic rings. The van der Waals surface area contributed by atoms with Crippen molar-refractivity contribution in [1.82, 2.24) is 4.90 Å². The first kappa shape index (κ1) is 34.4. The van der Waals surface area contributed by atoms with Crippen molar-refractivity contribution in [1.29, 1.82) is 5.26 Å². The van der Waals surface area contributed by atoms with Crippen molar-refractivity contribution in [3.05, 3.63) is 99.0 Å². The van der Waals surface area contributed by atoms with E-state index in [2.05, 4.69) is 11.4 Å². The Balaban J connectivity index is 1.91. The number of nitriles is 1. The fourth-order valence-electron chi connectivity index (χ4n) is 6.54. The molecular weight excluding hydrogens is 619 g/mol. The smallest absolute Gasteiger partial charge is 0.315 e. The summed E-state index contributed by atoms with van der Waals surface area (Å²) >= 11 is 12.4. The zero-order chi connectivity index (χ0) is 33.5. The molecule has 1 saturated heterocycles. The number of carbonyl (C=O) groups excluding carboxylic acids is 2. The second-order valence-corrected chi connectivity index (χ2v) is 14.1. The highest BCUT2D eigenvalue weighted by atomic mass is 35.5. The molecule has 0 spiro atoms. The van der Waals surface area contributed by atoms with Crippen LogP contribution in [0.1, 0.15) is 63.6 Å². The van der Waals surface area contributed by atoms with Gasteiger partial charge in [0.25, 0.3) is 0 Å². The summed E-state index contributed by atoms with van der Waals surface area (Å²) < 4.78 is 36.8. The van der Waals surface area contributed by atoms with E-state index in [4.69, 9.17) is 27.9 Å². The number of methoxy groups -OCH3 is 1. The van der Waals surface area contributed by atoms with Crippen LogP contribution >= 0.6 is 23.2 Å². The molecule has 10 heteroatoms. The molecule has 45 heavy (non-hydrogen) atoms. The number of esters is 1. The molecule has 238 valence electrons. The summed E-state index contributed by atoms with van der Waals surface area (Å²) in [7, 11) is 3.02. The van der Waals surface area contributed by atoms with E-state index >= 15 is 8.78 Å². The lowest BCUT2D eigenvalue weighted by atomic mass is 9.62. The average Bonchev–Trinajstić information content (AvgIpc) is 3.21. The summed E-state index contributed by atoms with van der Waals surface area (Å²) in [6.45, 7) is 9.43. The van der Waals surface area contributed by atoms with Gasteiger partial charge in [0, 0.05) is 28.2 Å². The van der Waals surface area contributed by atoms with Gasteiger partial charge in [0.1, 0.15) is 17.0 Å². The number of likely N-dealkylation sites (tertiary alicyclic amines) is 1. The number of amides is 1. The van der Waals surface area contributed by atoms with E-state index < -0.39 is 52.3 Å². The number of anilines is 1. The van der Waals surface area contributed by atoms with Crippen LogP contribution in [0.5, 0.6) is 0 Å². The van der Waals surface area contributed by atoms with Gasteiger partial charge in [0.15, 0.2) is 0 Å². The highest BCUT2D eigenvalue weighted by molar-refractivity contribution is 6.31. The van der Waals surface area contributed by atoms with Gasteiger partial charge in [0.2, 0.25) is 5.91 Å². The average molecular weight is 657 g/mol. The summed E-state index contributed by atoms with van der Waals surface area (Å²) in [6.07, 6.45) is 0.374. The lowest BCUT2D eigenvalue weighted by molar-refractivity contribution is -0.146. The summed E-state index contributed by atoms with van der Waals surface area (Å²) in [6, 6.07) is 15.8. The molecule has 0 radical (unpaired) electrons. The summed E-state index contributed by atoms with van der Waals surface area (Å²) in [4.78, 5) is 28.4. The van der Waals surface area contributed by atoms with E-state index in [1.54, 1.807) is 56.1 Å². The Bertz CT molecular complexity index is 1650. The molecule has 3 aromatic carbocycles. The van der Waals surface area contributed by atoms with Crippen LogP contribution in [0.15, 0.2) is 60.7 Å². The minimum absolute atomic E-state index is 0.0181. The Hall–Kier alpha value is -3.51. The molecule has 0 saturated carbocycles. The fourth-order valence-corrected chi connectivity index (χ4v) is 6.88. The molecule has 4 rings (SSSR count). The molecule has 0 aliphatic carbocycles. The topological polar surface area (TPSA) is 82.4 Å². The van der Waals surface area contributed by atoms with E-state index in [1.807, 2.05) is 20.8 Å². The monoisotopic (exact) mass is 655 g/mol. The number of hydrogen-bond acceptors (Lipinski definition) is 5. The molecule has 0 aromatic heterocycles. The molecule has 1 aliphatic rings. The van der Waals surface area contributed by atoms with Crippen LogP contribution in [0.25, 0.3) is 0 Å². The van der Waals surface area contributed by atoms with E-state index in [0.717, 1.165) is 6.07 Å². The van der Waals surface area contributed by atoms with Crippen molar-refractivity contribution < 1.29 is 23.1 Å². The van der Waals surface area contributed by atoms with Crippen LogP contribution in [0.2, 0.25) is 10.0 Å². The van der Waals surface area contributed by atoms with E-state index in [9.17, 15) is 14.9 Å². The van der Waals surface area contributed by atoms with Crippen LogP contribution in [-0.4, -0.2) is 43.0 Å². The number of hydrogen-bond donors (Lipinski definition) is 1. The molecule has 1 N–H and O–H groups in total. The SMILES string of the molecule is COC(=O)C(C)(C)c1ccc(NC(=O)[C@H]2[C@H](c3cccc(Cl)c3F)[C@@](C#N)(c3ccc(Cl)cc3F)[C@H](CC(C)(C)C)N2C)cc1. The van der Waals surface area contributed by atoms with Gasteiger partial charge >= 0.3 is 5.97 Å². The third kappa shape index (κ3) is 6.31. The molecule has 1 aliphatic heterocycles. The second kappa shape index (κ2) is 12.7. The van der Waals surface area contributed by atoms with Crippen molar-refractivity contribution in [2.45, 2.75) is 69.9 Å². The number of benzene rings is 3. The normalized spacial score (nSPS) is 22.1. The Morgan fingerprint density at radius 3 is 2.24 bits per heavy atom. The lowest BCUT2D eigenvalue weighted by Gasteiger charge is -2.38. The number of nitrogens with zero attached hydrogens (tertiary/aromatic N) is 2. The number of halogens is 4. The predicted molar refractivity (Wildman–Crippen MR) is 172 cm³/mol. The Morgan fingerprint density at radius 2 is 1.69 bits per heavy atom. The standard InChI is InChI=1S/C35H37Cl2F2N3O3/c1-33(2,3)18-27-35(19-40,24-16-13-21(36)17-26(24)38)28(23-9-8-10-25(37)29(23)39)30(42(27)6)31(43)41-22-14-11-20(12-15-22)34(4,5)32(44)45-7/h8-17,27-28,30H,18H2,1-7H3,(H,41,43)/t27-,28-,30+,35-/m0/s1. The van der Waals surface area contributed by atoms with Gasteiger partial charge in [-0.3, -0.25) is 14.5 Å². The zero-order valence-electron chi connectivity index (χ0n) is 26.3. The number of ether oxygens (including phenoxy) is 1. The van der Waals surface area contributed by atoms with E-state index in [0.29, 0.717) is 17.7 Å². The molecule has 4 atom stereocenters. The molecular formula is C35H37Cl2F2N3O3. The Morgan fingerprint density at radius 1 is 1.04 bits per heavy atom. The van der Waals surface area contributed by atoms with E-state index in [1.165, 1.54) is 31.4 Å². The van der Waals surface area contributed by atoms with Crippen LogP contribution in [-0.2, 0) is 25.2 Å². The van der Waals surface area contributed by atoms with Crippen molar-refractivity contribution in [3.8, 4) is 6.07 Å². The maximum absolute atomic E-state index is 16.0. The van der Waals surface area contributed by atoms with E-state index in [-0.39, 0.29) is 26.6 Å². The maximum atomic E-state index is 16.0. The fraction of sp³-hybridized carbons (Fsp3) is 0.400. The van der Waals surface area contributed by atoms with Gasteiger partial charge in [-0.25, -0.2) is 8.78 Å². The quantitative estimate of drug-likeness (QED) is 0.261. The first-order chi connectivity index (χ1) is 21.0. The third-order valence-corrected chi connectivity index (χ3v) is 9.31. The summed E-state index contributed by atoms with van der Waals surface area (Å²) in [5.74, 6) is -3.62. The van der Waals surface area contributed by atoms with Crippen molar-refractivity contribution in [2.75, 3.05) is 19.5 Å². The Labute approximate surface area is 273 Å². The van der Waals surface area contributed by atoms with Crippen molar-refractivity contribution in [2.24, 2.45) is 5.41 Å². The minimum atomic E-state index is -1.72. The van der Waals surface area contributed by atoms with Crippen LogP contribution in [0.4, 0.5) is 14.5 Å². The van der Waals surface area contributed by atoms with Gasteiger partial charge in [-0.1, -0.05) is 74.3 Å². The molecule has 0 unspecified atom stereocenters. The van der Waals surface area contributed by atoms with Crippen molar-refractivity contribution in [3.63, 3.8) is 0 Å². The van der Waals surface area contributed by atoms with Gasteiger partial charge in [-0.15, -0.1) is 0 Å². The molecule has 0 bridgehead atoms. The van der Waals surface area contributed by atoms with Gasteiger partial charge in [-0.05, 0) is 74.2 Å². The van der Waals surface area contributed by atoms with Gasteiger partial charge < -0.3 is 10.1 Å². The third-order valence-electron chi connectivity index (χ3n) is 8.78. The van der Waals surface area contributed by atoms with Crippen LogP contribution < -0.4 is 5.32 Å². The number of carbonyl (C=O) groups is 2. The Kier molecular flexibility index (Phi) is 9.70. The zero-order valence-corrected chi connectivity index (χ0v) is 27.9. The number of rotatable bonds is 7. The molecule has 6 nitrogen and oxygen atoms in total. The van der Waals surface area contributed by atoms with Gasteiger partial charge in [-0.2, -0.15) is 5.26 Å². The molecule has 1 heterocycles. The predicted octanol–water partition coefficient (Wildman–Crippen LogP) is 8.02. The second-order valence-electron chi connectivity index (χ2n) is 13.3. The first-order valence-electron chi connectivity index (χ1n) is 14.5. The number of likely N-dealkylation sites (N-methyl/N-ethyl adjacent to an activating group) is 1. The van der Waals surface area contributed by atoms with Crippen LogP contribution in [0, 0.1) is 28.4 Å². The minimum Gasteiger partial charge on any atom is -0.468 e. The number of nitrogens with one attached hydrogen (secondary N) is 1. The van der Waals surface area contributed by atoms with Crippen molar-refractivity contribution >= 4 is 40.8 Å². The highest BCUT2D eigenvalue weighted by Gasteiger charge is 2.63. The highest BCUT2D eigenvalue weighted by Crippen LogP contribution is 2.56. The summed E-state index contributed by atoms with van der Waals surface area (Å²) in [5.41, 5.74) is -1.87.